The second kappa shape index (κ2) is 9.47. The number of H-pyrrole nitrogens is 1. The van der Waals surface area contributed by atoms with Crippen LogP contribution in [-0.2, 0) is 28.7 Å². The van der Waals surface area contributed by atoms with Gasteiger partial charge >= 0.3 is 0 Å². The lowest BCUT2D eigenvalue weighted by Gasteiger charge is -2.18. The Hall–Kier alpha value is -2.28. The zero-order chi connectivity index (χ0) is 21.8. The van der Waals surface area contributed by atoms with Crippen LogP contribution in [0.4, 0.5) is 0 Å². The Labute approximate surface area is 188 Å². The molecular formula is C19H23N7O2S3. The van der Waals surface area contributed by atoms with Crippen molar-refractivity contribution in [2.24, 2.45) is 0 Å². The predicted octanol–water partition coefficient (Wildman–Crippen LogP) is 3.18. The van der Waals surface area contributed by atoms with Crippen molar-refractivity contribution in [1.29, 1.82) is 0 Å². The van der Waals surface area contributed by atoms with Crippen molar-refractivity contribution in [2.75, 3.05) is 13.1 Å². The first-order valence-corrected chi connectivity index (χ1v) is 13.2. The third-order valence-corrected chi connectivity index (χ3v) is 8.78. The molecule has 9 nitrogen and oxygen atoms in total. The number of tetrazole rings is 1. The van der Waals surface area contributed by atoms with E-state index in [9.17, 15) is 8.42 Å². The number of aromatic amines is 1. The van der Waals surface area contributed by atoms with Gasteiger partial charge in [0.1, 0.15) is 5.82 Å². The molecule has 4 rings (SSSR count). The normalized spacial score (nSPS) is 12.2. The van der Waals surface area contributed by atoms with Gasteiger partial charge in [-0.05, 0) is 40.1 Å². The van der Waals surface area contributed by atoms with Crippen LogP contribution in [0.3, 0.4) is 0 Å². The molecule has 12 heteroatoms. The maximum Gasteiger partial charge on any atom is 0.243 e. The standard InChI is InChI=1S/C19H23N7O2S3/c1-3-25(4-2)31(27,28)15-7-8-16-17(12-15)21-18(20-16)13-30-19-22-23-24-26(19)10-9-14-6-5-11-29-14/h5-8,11-12H,3-4,9-10,13H2,1-2H3,(H,20,21). The topological polar surface area (TPSA) is 110 Å². The summed E-state index contributed by atoms with van der Waals surface area (Å²) in [6, 6.07) is 9.13. The molecule has 0 aliphatic rings. The smallest absolute Gasteiger partial charge is 0.243 e. The molecule has 0 aliphatic carbocycles. The van der Waals surface area contributed by atoms with E-state index in [-0.39, 0.29) is 4.90 Å². The summed E-state index contributed by atoms with van der Waals surface area (Å²) >= 11 is 3.21. The number of nitrogens with one attached hydrogen (secondary N) is 1. The Morgan fingerprint density at radius 1 is 1.23 bits per heavy atom. The molecule has 0 saturated carbocycles. The Kier molecular flexibility index (Phi) is 6.70. The lowest BCUT2D eigenvalue weighted by molar-refractivity contribution is 0.445. The van der Waals surface area contributed by atoms with Gasteiger partial charge in [0.25, 0.3) is 0 Å². The molecule has 1 N–H and O–H groups in total. The average molecular weight is 478 g/mol. The van der Waals surface area contributed by atoms with E-state index in [1.807, 2.05) is 19.9 Å². The van der Waals surface area contributed by atoms with Crippen molar-refractivity contribution >= 4 is 44.2 Å². The minimum atomic E-state index is -3.51. The van der Waals surface area contributed by atoms with Crippen LogP contribution in [0.25, 0.3) is 11.0 Å². The molecular weight excluding hydrogens is 454 g/mol. The fraction of sp³-hybridized carbons (Fsp3) is 0.368. The number of hydrogen-bond acceptors (Lipinski definition) is 8. The molecule has 3 aromatic heterocycles. The predicted molar refractivity (Wildman–Crippen MR) is 122 cm³/mol. The maximum absolute atomic E-state index is 12.8. The highest BCUT2D eigenvalue weighted by Crippen LogP contribution is 2.24. The minimum Gasteiger partial charge on any atom is -0.341 e. The number of benzene rings is 1. The molecule has 3 heterocycles. The summed E-state index contributed by atoms with van der Waals surface area (Å²) in [7, 11) is -3.51. The summed E-state index contributed by atoms with van der Waals surface area (Å²) in [5.41, 5.74) is 1.42. The Bertz CT molecular complexity index is 1240. The number of fused-ring (bicyclic) bond motifs is 1. The van der Waals surface area contributed by atoms with Gasteiger partial charge in [0.05, 0.1) is 28.2 Å². The van der Waals surface area contributed by atoms with Crippen molar-refractivity contribution in [3.8, 4) is 0 Å². The van der Waals surface area contributed by atoms with Crippen molar-refractivity contribution in [1.82, 2.24) is 34.5 Å². The van der Waals surface area contributed by atoms with Gasteiger partial charge in [-0.25, -0.2) is 18.1 Å². The third kappa shape index (κ3) is 4.81. The Morgan fingerprint density at radius 2 is 2.06 bits per heavy atom. The van der Waals surface area contributed by atoms with Crippen LogP contribution in [0.5, 0.6) is 0 Å². The molecule has 0 amide bonds. The first kappa shape index (κ1) is 21.9. The molecule has 0 bridgehead atoms. The molecule has 0 unspecified atom stereocenters. The van der Waals surface area contributed by atoms with E-state index in [0.29, 0.717) is 30.9 Å². The van der Waals surface area contributed by atoms with Crippen LogP contribution in [0.1, 0.15) is 24.5 Å². The lowest BCUT2D eigenvalue weighted by atomic mass is 10.3. The van der Waals surface area contributed by atoms with Crippen LogP contribution in [0.2, 0.25) is 0 Å². The number of thiophene rings is 1. The molecule has 4 aromatic rings. The number of aromatic nitrogens is 6. The van der Waals surface area contributed by atoms with E-state index in [4.69, 9.17) is 0 Å². The molecule has 0 aliphatic heterocycles. The third-order valence-electron chi connectivity index (χ3n) is 4.83. The number of nitrogens with zero attached hydrogens (tertiary/aromatic N) is 6. The summed E-state index contributed by atoms with van der Waals surface area (Å²) in [6.07, 6.45) is 0.880. The number of sulfonamides is 1. The first-order valence-electron chi connectivity index (χ1n) is 9.91. The zero-order valence-electron chi connectivity index (χ0n) is 17.2. The summed E-state index contributed by atoms with van der Waals surface area (Å²) in [5.74, 6) is 1.29. The number of rotatable bonds is 10. The number of imidazole rings is 1. The van der Waals surface area contributed by atoms with Gasteiger partial charge in [0, 0.05) is 24.4 Å². The molecule has 0 fully saturated rings. The molecule has 164 valence electrons. The van der Waals surface area contributed by atoms with Gasteiger partial charge in [-0.1, -0.05) is 31.7 Å². The van der Waals surface area contributed by atoms with Crippen molar-refractivity contribution < 1.29 is 8.42 Å². The second-order valence-corrected chi connectivity index (χ2v) is 10.7. The first-order chi connectivity index (χ1) is 15.0. The summed E-state index contributed by atoms with van der Waals surface area (Å²) in [4.78, 5) is 9.36. The van der Waals surface area contributed by atoms with Crippen LogP contribution >= 0.6 is 23.1 Å². The van der Waals surface area contributed by atoms with Gasteiger partial charge < -0.3 is 4.98 Å². The van der Waals surface area contributed by atoms with E-state index < -0.39 is 10.0 Å². The molecule has 0 radical (unpaired) electrons. The zero-order valence-corrected chi connectivity index (χ0v) is 19.7. The van der Waals surface area contributed by atoms with Crippen LogP contribution in [0.15, 0.2) is 45.8 Å². The lowest BCUT2D eigenvalue weighted by Crippen LogP contribution is -2.30. The van der Waals surface area contributed by atoms with E-state index in [1.165, 1.54) is 20.9 Å². The number of aryl methyl sites for hydroxylation is 2. The number of thioether (sulfide) groups is 1. The summed E-state index contributed by atoms with van der Waals surface area (Å²) in [5, 5.41) is 14.8. The maximum atomic E-state index is 12.8. The van der Waals surface area contributed by atoms with Gasteiger partial charge in [-0.3, -0.25) is 0 Å². The molecule has 0 atom stereocenters. The summed E-state index contributed by atoms with van der Waals surface area (Å²) in [6.45, 7) is 5.24. The molecule has 0 spiro atoms. The fourth-order valence-electron chi connectivity index (χ4n) is 3.23. The van der Waals surface area contributed by atoms with Gasteiger partial charge in [-0.15, -0.1) is 16.4 Å². The van der Waals surface area contributed by atoms with E-state index in [0.717, 1.165) is 22.9 Å². The van der Waals surface area contributed by atoms with Gasteiger partial charge in [-0.2, -0.15) is 4.31 Å². The highest BCUT2D eigenvalue weighted by atomic mass is 32.2. The van der Waals surface area contributed by atoms with Gasteiger partial charge in [0.2, 0.25) is 15.2 Å². The Morgan fingerprint density at radius 3 is 2.81 bits per heavy atom. The second-order valence-electron chi connectivity index (χ2n) is 6.75. The molecule has 1 aromatic carbocycles. The fourth-order valence-corrected chi connectivity index (χ4v) is 6.18. The minimum absolute atomic E-state index is 0.268. The van der Waals surface area contributed by atoms with E-state index in [2.05, 4.69) is 36.9 Å². The highest BCUT2D eigenvalue weighted by Gasteiger charge is 2.22. The molecule has 0 saturated heterocycles. The van der Waals surface area contributed by atoms with Crippen LogP contribution in [0, 0.1) is 0 Å². The monoisotopic (exact) mass is 477 g/mol. The van der Waals surface area contributed by atoms with Crippen molar-refractivity contribution in [3.63, 3.8) is 0 Å². The van der Waals surface area contributed by atoms with E-state index in [1.54, 1.807) is 34.2 Å². The Balaban J connectivity index is 1.46. The van der Waals surface area contributed by atoms with Crippen LogP contribution < -0.4 is 0 Å². The van der Waals surface area contributed by atoms with Crippen LogP contribution in [-0.4, -0.2) is 56.0 Å². The average Bonchev–Trinajstić information content (AvgIpc) is 3.51. The van der Waals surface area contributed by atoms with Crippen molar-refractivity contribution in [2.45, 2.75) is 42.6 Å². The quantitative estimate of drug-likeness (QED) is 0.349. The summed E-state index contributed by atoms with van der Waals surface area (Å²) < 4.78 is 28.8. The largest absolute Gasteiger partial charge is 0.341 e. The number of hydrogen-bond donors (Lipinski definition) is 1. The van der Waals surface area contributed by atoms with Crippen molar-refractivity contribution in [3.05, 3.63) is 46.4 Å². The van der Waals surface area contributed by atoms with Gasteiger partial charge in [0.15, 0.2) is 0 Å². The highest BCUT2D eigenvalue weighted by molar-refractivity contribution is 7.98. The SMILES string of the molecule is CCN(CC)S(=O)(=O)c1ccc2nc(CSc3nnnn3CCc3cccs3)[nH]c2c1. The molecule has 31 heavy (non-hydrogen) atoms. The van der Waals surface area contributed by atoms with E-state index >= 15 is 0 Å².